The maximum atomic E-state index is 12.5. The third-order valence-electron chi connectivity index (χ3n) is 5.05. The summed E-state index contributed by atoms with van der Waals surface area (Å²) in [6, 6.07) is 9.57. The Labute approximate surface area is 166 Å². The molecule has 0 saturated heterocycles. The number of aryl methyl sites for hydroxylation is 2. The number of rotatable bonds is 4. The largest absolute Gasteiger partial charge is 0.348 e. The Hall–Kier alpha value is -3.55. The van der Waals surface area contributed by atoms with Crippen LogP contribution in [-0.4, -0.2) is 25.4 Å². The van der Waals surface area contributed by atoms with Crippen LogP contribution in [0, 0.1) is 6.92 Å². The number of nitrogens with zero attached hydrogens (tertiary/aromatic N) is 3. The van der Waals surface area contributed by atoms with Crippen molar-refractivity contribution in [1.82, 2.24) is 24.8 Å². The molecular formula is C21H21N5O3. The van der Waals surface area contributed by atoms with Crippen molar-refractivity contribution in [3.63, 3.8) is 0 Å². The molecule has 0 bridgehead atoms. The van der Waals surface area contributed by atoms with Crippen LogP contribution in [0.25, 0.3) is 11.4 Å². The lowest BCUT2D eigenvalue weighted by atomic mass is 9.92. The van der Waals surface area contributed by atoms with Crippen molar-refractivity contribution in [2.45, 2.75) is 38.8 Å². The van der Waals surface area contributed by atoms with E-state index in [0.717, 1.165) is 36.1 Å². The summed E-state index contributed by atoms with van der Waals surface area (Å²) in [4.78, 5) is 47.3. The molecule has 1 atom stereocenters. The predicted octanol–water partition coefficient (Wildman–Crippen LogP) is 1.50. The molecule has 0 aliphatic heterocycles. The Bertz CT molecular complexity index is 1170. The van der Waals surface area contributed by atoms with E-state index in [0.29, 0.717) is 11.4 Å². The Morgan fingerprint density at radius 1 is 1.28 bits per heavy atom. The third-order valence-corrected chi connectivity index (χ3v) is 5.05. The molecule has 4 rings (SSSR count). The van der Waals surface area contributed by atoms with Gasteiger partial charge in [0.05, 0.1) is 6.04 Å². The highest BCUT2D eigenvalue weighted by molar-refractivity contribution is 5.76. The number of aromatic nitrogens is 4. The fraction of sp³-hybridized carbons (Fsp3) is 0.286. The van der Waals surface area contributed by atoms with Gasteiger partial charge in [0.1, 0.15) is 6.54 Å². The first kappa shape index (κ1) is 18.8. The van der Waals surface area contributed by atoms with Gasteiger partial charge in [-0.3, -0.25) is 19.1 Å². The number of hydrogen-bond donors (Lipinski definition) is 2. The van der Waals surface area contributed by atoms with Crippen molar-refractivity contribution < 1.29 is 4.79 Å². The van der Waals surface area contributed by atoms with Gasteiger partial charge >= 0.3 is 5.69 Å². The number of amides is 1. The van der Waals surface area contributed by atoms with Gasteiger partial charge < -0.3 is 5.32 Å². The first-order valence-electron chi connectivity index (χ1n) is 9.52. The van der Waals surface area contributed by atoms with Crippen molar-refractivity contribution in [1.29, 1.82) is 0 Å². The van der Waals surface area contributed by atoms with E-state index >= 15 is 0 Å². The van der Waals surface area contributed by atoms with E-state index in [9.17, 15) is 14.4 Å². The molecular weight excluding hydrogens is 370 g/mol. The molecule has 29 heavy (non-hydrogen) atoms. The minimum absolute atomic E-state index is 0.161. The highest BCUT2D eigenvalue weighted by Gasteiger charge is 2.24. The molecule has 1 aliphatic carbocycles. The van der Waals surface area contributed by atoms with Crippen LogP contribution < -0.4 is 16.6 Å². The van der Waals surface area contributed by atoms with Crippen LogP contribution in [0.3, 0.4) is 0 Å². The van der Waals surface area contributed by atoms with Crippen LogP contribution in [-0.2, 0) is 17.8 Å². The molecule has 0 spiro atoms. The van der Waals surface area contributed by atoms with Crippen LogP contribution in [0.1, 0.15) is 35.7 Å². The second-order valence-corrected chi connectivity index (χ2v) is 7.17. The first-order valence-corrected chi connectivity index (χ1v) is 9.52. The van der Waals surface area contributed by atoms with Gasteiger partial charge in [-0.15, -0.1) is 0 Å². The van der Waals surface area contributed by atoms with E-state index in [1.165, 1.54) is 10.8 Å². The summed E-state index contributed by atoms with van der Waals surface area (Å²) in [6.45, 7) is 1.43. The molecule has 2 N–H and O–H groups in total. The molecule has 0 fully saturated rings. The fourth-order valence-electron chi connectivity index (χ4n) is 3.55. The van der Waals surface area contributed by atoms with Crippen molar-refractivity contribution in [2.75, 3.05) is 0 Å². The van der Waals surface area contributed by atoms with Crippen LogP contribution in [0.5, 0.6) is 0 Å². The van der Waals surface area contributed by atoms with E-state index < -0.39 is 11.2 Å². The first-order chi connectivity index (χ1) is 14.0. The topological polar surface area (TPSA) is 110 Å². The standard InChI is InChI=1S/C21H21N5O3/c1-13-11-26(21(29)25-20(13)28)12-18(27)23-16-8-5-9-17-15(16)10-22-19(24-17)14-6-3-2-4-7-14/h2-4,6-7,10-11,16H,5,8-9,12H2,1H3,(H,23,27)(H,25,28,29)/t16-/m1/s1. The van der Waals surface area contributed by atoms with Gasteiger partial charge in [0.15, 0.2) is 5.82 Å². The van der Waals surface area contributed by atoms with Gasteiger partial charge in [0, 0.05) is 34.8 Å². The second kappa shape index (κ2) is 7.83. The minimum atomic E-state index is -0.601. The molecule has 1 aliphatic rings. The lowest BCUT2D eigenvalue weighted by molar-refractivity contribution is -0.122. The van der Waals surface area contributed by atoms with Gasteiger partial charge in [-0.05, 0) is 26.2 Å². The lowest BCUT2D eigenvalue weighted by Crippen LogP contribution is -2.38. The summed E-state index contributed by atoms with van der Waals surface area (Å²) in [5.41, 5.74) is 2.13. The second-order valence-electron chi connectivity index (χ2n) is 7.17. The molecule has 3 aromatic rings. The molecule has 148 valence electrons. The van der Waals surface area contributed by atoms with Crippen LogP contribution >= 0.6 is 0 Å². The lowest BCUT2D eigenvalue weighted by Gasteiger charge is -2.25. The zero-order valence-electron chi connectivity index (χ0n) is 16.0. The summed E-state index contributed by atoms with van der Waals surface area (Å²) < 4.78 is 1.20. The summed E-state index contributed by atoms with van der Waals surface area (Å²) in [7, 11) is 0. The summed E-state index contributed by atoms with van der Waals surface area (Å²) in [5.74, 6) is 0.370. The minimum Gasteiger partial charge on any atom is -0.348 e. The monoisotopic (exact) mass is 391 g/mol. The van der Waals surface area contributed by atoms with Crippen molar-refractivity contribution in [2.24, 2.45) is 0 Å². The zero-order chi connectivity index (χ0) is 20.4. The van der Waals surface area contributed by atoms with E-state index in [-0.39, 0.29) is 18.5 Å². The summed E-state index contributed by atoms with van der Waals surface area (Å²) in [5, 5.41) is 2.97. The van der Waals surface area contributed by atoms with Crippen LogP contribution in [0.4, 0.5) is 0 Å². The predicted molar refractivity (Wildman–Crippen MR) is 107 cm³/mol. The Morgan fingerprint density at radius 2 is 2.07 bits per heavy atom. The van der Waals surface area contributed by atoms with Crippen molar-refractivity contribution >= 4 is 5.91 Å². The summed E-state index contributed by atoms with van der Waals surface area (Å²) in [6.07, 6.45) is 5.70. The van der Waals surface area contributed by atoms with E-state index in [4.69, 9.17) is 4.98 Å². The van der Waals surface area contributed by atoms with E-state index in [2.05, 4.69) is 15.3 Å². The van der Waals surface area contributed by atoms with Gasteiger partial charge in [-0.1, -0.05) is 30.3 Å². The zero-order valence-corrected chi connectivity index (χ0v) is 16.0. The molecule has 8 heteroatoms. The van der Waals surface area contributed by atoms with Crippen molar-refractivity contribution in [3.05, 3.63) is 80.4 Å². The Morgan fingerprint density at radius 3 is 2.86 bits per heavy atom. The summed E-state index contributed by atoms with van der Waals surface area (Å²) >= 11 is 0. The average Bonchev–Trinajstić information content (AvgIpc) is 2.72. The molecule has 1 amide bonds. The molecule has 2 aromatic heterocycles. The van der Waals surface area contributed by atoms with Gasteiger partial charge in [-0.25, -0.2) is 14.8 Å². The number of aromatic amines is 1. The molecule has 8 nitrogen and oxygen atoms in total. The maximum absolute atomic E-state index is 12.5. The van der Waals surface area contributed by atoms with Gasteiger partial charge in [0.2, 0.25) is 5.91 Å². The number of carbonyl (C=O) groups is 1. The number of H-pyrrole nitrogens is 1. The van der Waals surface area contributed by atoms with Crippen LogP contribution in [0.15, 0.2) is 52.3 Å². The smallest absolute Gasteiger partial charge is 0.328 e. The molecule has 0 unspecified atom stereocenters. The van der Waals surface area contributed by atoms with E-state index in [1.807, 2.05) is 30.3 Å². The van der Waals surface area contributed by atoms with Crippen LogP contribution in [0.2, 0.25) is 0 Å². The highest BCUT2D eigenvalue weighted by atomic mass is 16.2. The number of benzene rings is 1. The SMILES string of the molecule is Cc1cn(CC(=O)N[C@@H]2CCCc3nc(-c4ccccc4)ncc32)c(=O)[nH]c1=O. The molecule has 2 heterocycles. The fourth-order valence-corrected chi connectivity index (χ4v) is 3.55. The Kier molecular flexibility index (Phi) is 5.07. The number of carbonyl (C=O) groups excluding carboxylic acids is 1. The number of hydrogen-bond acceptors (Lipinski definition) is 5. The molecule has 0 radical (unpaired) electrons. The van der Waals surface area contributed by atoms with Gasteiger partial charge in [-0.2, -0.15) is 0 Å². The quantitative estimate of drug-likeness (QED) is 0.700. The van der Waals surface area contributed by atoms with Crippen molar-refractivity contribution in [3.8, 4) is 11.4 Å². The average molecular weight is 391 g/mol. The number of fused-ring (bicyclic) bond motifs is 1. The third kappa shape index (κ3) is 4.01. The molecule has 0 saturated carbocycles. The highest BCUT2D eigenvalue weighted by Crippen LogP contribution is 2.29. The van der Waals surface area contributed by atoms with Gasteiger partial charge in [0.25, 0.3) is 5.56 Å². The maximum Gasteiger partial charge on any atom is 0.328 e. The molecule has 1 aromatic carbocycles. The normalized spacial score (nSPS) is 15.6. The number of nitrogens with one attached hydrogen (secondary N) is 2. The Balaban J connectivity index is 1.52. The van der Waals surface area contributed by atoms with E-state index in [1.54, 1.807) is 13.1 Å².